The van der Waals surface area contributed by atoms with Gasteiger partial charge in [0.25, 0.3) is 10.2 Å². The Morgan fingerprint density at radius 3 is 2.36 bits per heavy atom. The molecule has 1 amide bonds. The highest BCUT2D eigenvalue weighted by atomic mass is 32.2. The van der Waals surface area contributed by atoms with E-state index in [4.69, 9.17) is 0 Å². The van der Waals surface area contributed by atoms with Crippen molar-refractivity contribution in [3.63, 3.8) is 0 Å². The molecule has 0 spiro atoms. The fourth-order valence-corrected chi connectivity index (χ4v) is 5.36. The molecule has 3 rings (SSSR count). The molecule has 1 aromatic carbocycles. The Kier molecular flexibility index (Phi) is 5.76. The molecular weight excluding hydrogens is 338 g/mol. The third kappa shape index (κ3) is 4.04. The van der Waals surface area contributed by atoms with Crippen molar-refractivity contribution in [2.45, 2.75) is 45.2 Å². The molecule has 6 nitrogen and oxygen atoms in total. The molecule has 0 bridgehead atoms. The zero-order chi connectivity index (χ0) is 17.9. The molecule has 1 aromatic rings. The second-order valence-electron chi connectivity index (χ2n) is 6.79. The summed E-state index contributed by atoms with van der Waals surface area (Å²) in [7, 11) is -3.46. The first-order chi connectivity index (χ1) is 12.0. The smallest absolute Gasteiger partial charge is 0.282 e. The molecule has 0 aromatic heterocycles. The van der Waals surface area contributed by atoms with Gasteiger partial charge in [-0.25, -0.2) is 0 Å². The number of rotatable bonds is 5. The van der Waals surface area contributed by atoms with Gasteiger partial charge in [-0.1, -0.05) is 37.3 Å². The van der Waals surface area contributed by atoms with Crippen molar-refractivity contribution < 1.29 is 13.2 Å². The lowest BCUT2D eigenvalue weighted by Gasteiger charge is -2.32. The van der Waals surface area contributed by atoms with Gasteiger partial charge in [-0.2, -0.15) is 17.0 Å². The summed E-state index contributed by atoms with van der Waals surface area (Å²) in [5, 5.41) is 0. The van der Waals surface area contributed by atoms with E-state index in [1.807, 2.05) is 42.2 Å². The maximum absolute atomic E-state index is 12.9. The van der Waals surface area contributed by atoms with Gasteiger partial charge in [0.05, 0.1) is 0 Å². The van der Waals surface area contributed by atoms with Crippen LogP contribution >= 0.6 is 0 Å². The lowest BCUT2D eigenvalue weighted by atomic mass is 10.1. The molecule has 7 heteroatoms. The Bertz CT molecular complexity index is 687. The van der Waals surface area contributed by atoms with E-state index in [1.165, 1.54) is 4.31 Å². The summed E-state index contributed by atoms with van der Waals surface area (Å²) < 4.78 is 28.9. The summed E-state index contributed by atoms with van der Waals surface area (Å²) in [5.41, 5.74) is 1.07. The van der Waals surface area contributed by atoms with Crippen LogP contribution in [0.3, 0.4) is 0 Å². The molecule has 0 radical (unpaired) electrons. The molecule has 25 heavy (non-hydrogen) atoms. The number of nitrogens with zero attached hydrogens (tertiary/aromatic N) is 3. The summed E-state index contributed by atoms with van der Waals surface area (Å²) in [6, 6.07) is 9.79. The number of carbonyl (C=O) groups excluding carboxylic acids is 1. The fraction of sp³-hybridized carbons (Fsp3) is 0.611. The standard InChI is InChI=1S/C18H27N3O3S/c1-2-17-15-20(25(23,24)19-11-6-7-12-19)13-10-18(22)21(17)14-16-8-4-3-5-9-16/h3-5,8-9,17H,2,6-7,10-15H2,1H3/t17-/m0/s1. The van der Waals surface area contributed by atoms with E-state index in [0.717, 1.165) is 24.8 Å². The van der Waals surface area contributed by atoms with Gasteiger partial charge in [-0.15, -0.1) is 0 Å². The van der Waals surface area contributed by atoms with E-state index < -0.39 is 10.2 Å². The number of benzene rings is 1. The Balaban J connectivity index is 1.78. The fourth-order valence-electron chi connectivity index (χ4n) is 3.63. The van der Waals surface area contributed by atoms with E-state index in [9.17, 15) is 13.2 Å². The predicted molar refractivity (Wildman–Crippen MR) is 97.0 cm³/mol. The van der Waals surface area contributed by atoms with Gasteiger partial charge in [-0.3, -0.25) is 4.79 Å². The van der Waals surface area contributed by atoms with Crippen LogP contribution in [0.1, 0.15) is 38.2 Å². The maximum atomic E-state index is 12.9. The Morgan fingerprint density at radius 1 is 1.04 bits per heavy atom. The van der Waals surface area contributed by atoms with Crippen molar-refractivity contribution in [1.29, 1.82) is 0 Å². The highest BCUT2D eigenvalue weighted by molar-refractivity contribution is 7.86. The SMILES string of the molecule is CC[C@H]1CN(S(=O)(=O)N2CCCC2)CCC(=O)N1Cc1ccccc1. The first-order valence-corrected chi connectivity index (χ1v) is 10.5. The minimum atomic E-state index is -3.46. The van der Waals surface area contributed by atoms with Gasteiger partial charge < -0.3 is 4.90 Å². The Labute approximate surface area is 150 Å². The van der Waals surface area contributed by atoms with E-state index in [0.29, 0.717) is 26.2 Å². The topological polar surface area (TPSA) is 60.9 Å². The highest BCUT2D eigenvalue weighted by Crippen LogP contribution is 2.23. The molecular formula is C18H27N3O3S. The number of amides is 1. The van der Waals surface area contributed by atoms with Crippen LogP contribution in [0.25, 0.3) is 0 Å². The average Bonchev–Trinajstić information content (AvgIpc) is 3.11. The van der Waals surface area contributed by atoms with Gasteiger partial charge in [-0.05, 0) is 24.8 Å². The van der Waals surface area contributed by atoms with E-state index in [-0.39, 0.29) is 24.9 Å². The van der Waals surface area contributed by atoms with Crippen LogP contribution in [0, 0.1) is 0 Å². The molecule has 1 atom stereocenters. The third-order valence-electron chi connectivity index (χ3n) is 5.14. The summed E-state index contributed by atoms with van der Waals surface area (Å²) >= 11 is 0. The van der Waals surface area contributed by atoms with E-state index in [2.05, 4.69) is 0 Å². The minimum Gasteiger partial charge on any atom is -0.334 e. The molecule has 2 aliphatic heterocycles. The van der Waals surface area contributed by atoms with Crippen LogP contribution < -0.4 is 0 Å². The second kappa shape index (κ2) is 7.85. The second-order valence-corrected chi connectivity index (χ2v) is 8.72. The quantitative estimate of drug-likeness (QED) is 0.800. The van der Waals surface area contributed by atoms with Gasteiger partial charge >= 0.3 is 0 Å². The summed E-state index contributed by atoms with van der Waals surface area (Å²) in [4.78, 5) is 14.5. The van der Waals surface area contributed by atoms with Crippen LogP contribution in [-0.4, -0.2) is 60.1 Å². The summed E-state index contributed by atoms with van der Waals surface area (Å²) in [6.07, 6.45) is 2.83. The lowest BCUT2D eigenvalue weighted by molar-refractivity contribution is -0.133. The average molecular weight is 365 g/mol. The van der Waals surface area contributed by atoms with Crippen LogP contribution in [0.5, 0.6) is 0 Å². The van der Waals surface area contributed by atoms with Gasteiger partial charge in [0.15, 0.2) is 0 Å². The largest absolute Gasteiger partial charge is 0.334 e. The van der Waals surface area contributed by atoms with Gasteiger partial charge in [0, 0.05) is 45.2 Å². The maximum Gasteiger partial charge on any atom is 0.282 e. The highest BCUT2D eigenvalue weighted by Gasteiger charge is 2.37. The number of hydrogen-bond acceptors (Lipinski definition) is 3. The number of hydrogen-bond donors (Lipinski definition) is 0. The molecule has 0 N–H and O–H groups in total. The summed E-state index contributed by atoms with van der Waals surface area (Å²) in [6.45, 7) is 4.40. The third-order valence-corrected chi connectivity index (χ3v) is 7.14. The lowest BCUT2D eigenvalue weighted by Crippen LogP contribution is -2.47. The van der Waals surface area contributed by atoms with E-state index in [1.54, 1.807) is 4.31 Å². The molecule has 138 valence electrons. The van der Waals surface area contributed by atoms with Crippen LogP contribution in [0.4, 0.5) is 0 Å². The zero-order valence-corrected chi connectivity index (χ0v) is 15.6. The molecule has 0 aliphatic carbocycles. The van der Waals surface area contributed by atoms with Gasteiger partial charge in [0.2, 0.25) is 5.91 Å². The number of carbonyl (C=O) groups is 1. The van der Waals surface area contributed by atoms with Crippen molar-refractivity contribution in [2.75, 3.05) is 26.2 Å². The molecule has 0 saturated carbocycles. The molecule has 2 heterocycles. The molecule has 2 aliphatic rings. The molecule has 2 fully saturated rings. The first-order valence-electron chi connectivity index (χ1n) is 9.11. The minimum absolute atomic E-state index is 0.0369. The summed E-state index contributed by atoms with van der Waals surface area (Å²) in [5.74, 6) is 0.0369. The normalized spacial score (nSPS) is 23.8. The monoisotopic (exact) mass is 365 g/mol. The van der Waals surface area contributed by atoms with Crippen molar-refractivity contribution in [1.82, 2.24) is 13.5 Å². The first kappa shape index (κ1) is 18.4. The Morgan fingerprint density at radius 2 is 1.72 bits per heavy atom. The van der Waals surface area contributed by atoms with Crippen LogP contribution in [0.2, 0.25) is 0 Å². The van der Waals surface area contributed by atoms with Crippen LogP contribution in [-0.2, 0) is 21.5 Å². The van der Waals surface area contributed by atoms with E-state index >= 15 is 0 Å². The van der Waals surface area contributed by atoms with Crippen LogP contribution in [0.15, 0.2) is 30.3 Å². The zero-order valence-electron chi connectivity index (χ0n) is 14.8. The predicted octanol–water partition coefficient (Wildman–Crippen LogP) is 1.84. The van der Waals surface area contributed by atoms with Gasteiger partial charge in [0.1, 0.15) is 0 Å². The molecule has 2 saturated heterocycles. The molecule has 0 unspecified atom stereocenters. The van der Waals surface area contributed by atoms with Crippen molar-refractivity contribution in [3.8, 4) is 0 Å². The Hall–Kier alpha value is -1.44. The van der Waals surface area contributed by atoms with Crippen molar-refractivity contribution in [3.05, 3.63) is 35.9 Å². The van der Waals surface area contributed by atoms with Crippen molar-refractivity contribution in [2.24, 2.45) is 0 Å². The van der Waals surface area contributed by atoms with Crippen molar-refractivity contribution >= 4 is 16.1 Å².